The van der Waals surface area contributed by atoms with Crippen LogP contribution in [-0.2, 0) is 0 Å². The lowest BCUT2D eigenvalue weighted by molar-refractivity contribution is 0.331. The van der Waals surface area contributed by atoms with Crippen LogP contribution in [0.3, 0.4) is 0 Å². The molecule has 6 heteroatoms. The highest BCUT2D eigenvalue weighted by Gasteiger charge is 2.25. The van der Waals surface area contributed by atoms with Gasteiger partial charge in [-0.25, -0.2) is 0 Å². The number of nitrogens with zero attached hydrogens (tertiary/aromatic N) is 4. The zero-order valence-corrected chi connectivity index (χ0v) is 11.4. The van der Waals surface area contributed by atoms with Gasteiger partial charge in [-0.1, -0.05) is 36.1 Å². The third kappa shape index (κ3) is 2.65. The van der Waals surface area contributed by atoms with Crippen LogP contribution in [0, 0.1) is 5.92 Å². The van der Waals surface area contributed by atoms with E-state index in [0.717, 1.165) is 12.1 Å². The topological polar surface area (TPSA) is 81.7 Å². The molecule has 3 rings (SSSR count). The molecule has 1 aliphatic carbocycles. The average Bonchev–Trinajstić information content (AvgIpc) is 2.97. The number of benzene rings is 1. The first-order chi connectivity index (χ1) is 9.88. The summed E-state index contributed by atoms with van der Waals surface area (Å²) in [6.45, 7) is 0.713. The summed E-state index contributed by atoms with van der Waals surface area (Å²) >= 11 is 0. The third-order valence-corrected chi connectivity index (χ3v) is 4.00. The van der Waals surface area contributed by atoms with E-state index in [1.807, 2.05) is 30.3 Å². The summed E-state index contributed by atoms with van der Waals surface area (Å²) in [5.74, 6) is 1.20. The summed E-state index contributed by atoms with van der Waals surface area (Å²) in [5, 5.41) is 15.4. The van der Waals surface area contributed by atoms with Gasteiger partial charge in [-0.3, -0.25) is 0 Å². The molecule has 1 aliphatic rings. The fourth-order valence-corrected chi connectivity index (χ4v) is 2.87. The number of hydrogen-bond donors (Lipinski definition) is 2. The zero-order chi connectivity index (χ0) is 13.8. The summed E-state index contributed by atoms with van der Waals surface area (Å²) in [5.41, 5.74) is 6.83. The molecule has 0 bridgehead atoms. The van der Waals surface area contributed by atoms with Crippen LogP contribution in [0.15, 0.2) is 30.3 Å². The van der Waals surface area contributed by atoms with Gasteiger partial charge >= 0.3 is 0 Å². The summed E-state index contributed by atoms with van der Waals surface area (Å²) in [6, 6.07) is 10.3. The van der Waals surface area contributed by atoms with Crippen LogP contribution >= 0.6 is 0 Å². The van der Waals surface area contributed by atoms with Crippen LogP contribution in [0.1, 0.15) is 25.7 Å². The average molecular weight is 272 g/mol. The van der Waals surface area contributed by atoms with Crippen LogP contribution in [0.2, 0.25) is 0 Å². The minimum Gasteiger partial charge on any atom is -0.350 e. The normalized spacial score (nSPS) is 22.6. The monoisotopic (exact) mass is 272 g/mol. The highest BCUT2D eigenvalue weighted by molar-refractivity contribution is 5.39. The molecule has 106 valence electrons. The minimum absolute atomic E-state index is 0.363. The Balaban J connectivity index is 1.80. The fraction of sp³-hybridized carbons (Fsp3) is 0.500. The van der Waals surface area contributed by atoms with E-state index in [-0.39, 0.29) is 0 Å². The minimum atomic E-state index is 0.363. The number of nitrogens with two attached hydrogens (primary N) is 1. The molecule has 1 aromatic heterocycles. The van der Waals surface area contributed by atoms with Crippen molar-refractivity contribution in [3.63, 3.8) is 0 Å². The fourth-order valence-electron chi connectivity index (χ4n) is 2.87. The highest BCUT2D eigenvalue weighted by Crippen LogP contribution is 2.26. The molecule has 2 atom stereocenters. The molecule has 0 radical (unpaired) electrons. The van der Waals surface area contributed by atoms with Gasteiger partial charge in [0.1, 0.15) is 0 Å². The number of anilines is 1. The highest BCUT2D eigenvalue weighted by atomic mass is 15.6. The molecule has 6 nitrogen and oxygen atoms in total. The van der Waals surface area contributed by atoms with E-state index in [1.54, 1.807) is 4.68 Å². The molecule has 2 unspecified atom stereocenters. The van der Waals surface area contributed by atoms with Crippen LogP contribution in [0.25, 0.3) is 5.69 Å². The van der Waals surface area contributed by atoms with Crippen molar-refractivity contribution < 1.29 is 0 Å². The lowest BCUT2D eigenvalue weighted by atomic mass is 9.84. The number of hydrogen-bond acceptors (Lipinski definition) is 5. The van der Waals surface area contributed by atoms with Gasteiger partial charge in [0.15, 0.2) is 0 Å². The van der Waals surface area contributed by atoms with Crippen molar-refractivity contribution in [2.24, 2.45) is 11.7 Å². The molecule has 0 aliphatic heterocycles. The largest absolute Gasteiger partial charge is 0.350 e. The predicted octanol–water partition coefficient (Wildman–Crippen LogP) is 1.59. The van der Waals surface area contributed by atoms with Crippen molar-refractivity contribution in [1.82, 2.24) is 20.2 Å². The maximum Gasteiger partial charge on any atom is 0.247 e. The summed E-state index contributed by atoms with van der Waals surface area (Å²) in [4.78, 5) is 0. The van der Waals surface area contributed by atoms with Crippen LogP contribution in [0.5, 0.6) is 0 Å². The smallest absolute Gasteiger partial charge is 0.247 e. The molecule has 20 heavy (non-hydrogen) atoms. The zero-order valence-electron chi connectivity index (χ0n) is 11.4. The standard InChI is InChI=1S/C14H20N6/c15-10-11-6-4-5-9-13(11)16-14-17-18-19-20(14)12-7-2-1-3-8-12/h1-3,7-8,11,13H,4-6,9-10,15H2,(H,16,17,19). The van der Waals surface area contributed by atoms with Crippen LogP contribution in [-0.4, -0.2) is 32.8 Å². The van der Waals surface area contributed by atoms with E-state index in [9.17, 15) is 0 Å². The molecule has 2 aromatic rings. The molecular formula is C14H20N6. The van der Waals surface area contributed by atoms with E-state index in [4.69, 9.17) is 5.73 Å². The Bertz CT molecular complexity index is 538. The number of rotatable bonds is 4. The number of aromatic nitrogens is 4. The first-order valence-corrected chi connectivity index (χ1v) is 7.19. The predicted molar refractivity (Wildman–Crippen MR) is 77.6 cm³/mol. The van der Waals surface area contributed by atoms with Crippen molar-refractivity contribution in [3.8, 4) is 5.69 Å². The molecule has 1 saturated carbocycles. The first-order valence-electron chi connectivity index (χ1n) is 7.19. The Kier molecular flexibility index (Phi) is 3.92. The molecule has 0 spiro atoms. The Hall–Kier alpha value is -1.95. The number of tetrazole rings is 1. The van der Waals surface area contributed by atoms with Gasteiger partial charge in [0.2, 0.25) is 5.95 Å². The van der Waals surface area contributed by atoms with Crippen molar-refractivity contribution in [2.75, 3.05) is 11.9 Å². The first kappa shape index (κ1) is 13.1. The maximum atomic E-state index is 5.87. The molecule has 0 amide bonds. The lowest BCUT2D eigenvalue weighted by Gasteiger charge is -2.31. The quantitative estimate of drug-likeness (QED) is 0.883. The second kappa shape index (κ2) is 6.00. The summed E-state index contributed by atoms with van der Waals surface area (Å²) in [7, 11) is 0. The van der Waals surface area contributed by atoms with E-state index < -0.39 is 0 Å². The summed E-state index contributed by atoms with van der Waals surface area (Å²) < 4.78 is 1.74. The maximum absolute atomic E-state index is 5.87. The molecule has 3 N–H and O–H groups in total. The third-order valence-electron chi connectivity index (χ3n) is 4.00. The molecule has 1 heterocycles. The second-order valence-electron chi connectivity index (χ2n) is 5.28. The molecular weight excluding hydrogens is 252 g/mol. The van der Waals surface area contributed by atoms with Gasteiger partial charge in [0, 0.05) is 6.04 Å². The lowest BCUT2D eigenvalue weighted by Crippen LogP contribution is -2.37. The van der Waals surface area contributed by atoms with Gasteiger partial charge in [-0.15, -0.1) is 0 Å². The summed E-state index contributed by atoms with van der Waals surface area (Å²) in [6.07, 6.45) is 4.81. The van der Waals surface area contributed by atoms with Crippen molar-refractivity contribution in [1.29, 1.82) is 0 Å². The van der Waals surface area contributed by atoms with E-state index in [2.05, 4.69) is 20.8 Å². The second-order valence-corrected chi connectivity index (χ2v) is 5.28. The van der Waals surface area contributed by atoms with Crippen molar-refractivity contribution in [2.45, 2.75) is 31.7 Å². The van der Waals surface area contributed by atoms with Gasteiger partial charge in [-0.05, 0) is 47.9 Å². The Morgan fingerprint density at radius 3 is 2.80 bits per heavy atom. The van der Waals surface area contributed by atoms with E-state index >= 15 is 0 Å². The Morgan fingerprint density at radius 1 is 1.20 bits per heavy atom. The van der Waals surface area contributed by atoms with Gasteiger partial charge in [0.25, 0.3) is 0 Å². The van der Waals surface area contributed by atoms with E-state index in [1.165, 1.54) is 19.3 Å². The van der Waals surface area contributed by atoms with E-state index in [0.29, 0.717) is 24.5 Å². The van der Waals surface area contributed by atoms with Gasteiger partial charge < -0.3 is 11.1 Å². The Morgan fingerprint density at radius 2 is 2.00 bits per heavy atom. The van der Waals surface area contributed by atoms with Crippen molar-refractivity contribution >= 4 is 5.95 Å². The molecule has 1 fully saturated rings. The molecule has 0 saturated heterocycles. The molecule has 1 aromatic carbocycles. The van der Waals surface area contributed by atoms with Gasteiger partial charge in [0.05, 0.1) is 5.69 Å². The SMILES string of the molecule is NCC1CCCCC1Nc1nnnn1-c1ccccc1. The Labute approximate surface area is 118 Å². The number of para-hydroxylation sites is 1. The van der Waals surface area contributed by atoms with Gasteiger partial charge in [-0.2, -0.15) is 4.68 Å². The van der Waals surface area contributed by atoms with Crippen molar-refractivity contribution in [3.05, 3.63) is 30.3 Å². The van der Waals surface area contributed by atoms with Crippen LogP contribution in [0.4, 0.5) is 5.95 Å². The van der Waals surface area contributed by atoms with Crippen LogP contribution < -0.4 is 11.1 Å². The number of nitrogens with one attached hydrogen (secondary N) is 1.